The number of hydrogen-bond donors (Lipinski definition) is 0. The fraction of sp³-hybridized carbons (Fsp3) is 0.933. The summed E-state index contributed by atoms with van der Waals surface area (Å²) < 4.78 is 23.2. The Morgan fingerprint density at radius 1 is 1.10 bits per heavy atom. The van der Waals surface area contributed by atoms with Gasteiger partial charge in [-0.2, -0.15) is 0 Å². The topological polar surface area (TPSA) is 57.7 Å². The third-order valence-corrected chi connectivity index (χ3v) is 7.20. The highest BCUT2D eigenvalue weighted by Crippen LogP contribution is 2.32. The average molecular weight is 314 g/mol. The Bertz CT molecular complexity index is 505. The molecule has 3 rings (SSSR count). The van der Waals surface area contributed by atoms with Crippen molar-refractivity contribution in [2.75, 3.05) is 31.1 Å². The van der Waals surface area contributed by atoms with Crippen molar-refractivity contribution in [2.24, 2.45) is 5.92 Å². The van der Waals surface area contributed by atoms with Crippen LogP contribution in [0.5, 0.6) is 0 Å². The van der Waals surface area contributed by atoms with E-state index in [2.05, 4.69) is 11.8 Å². The van der Waals surface area contributed by atoms with Crippen molar-refractivity contribution in [2.45, 2.75) is 51.1 Å². The van der Waals surface area contributed by atoms with Crippen LogP contribution >= 0.6 is 0 Å². The maximum atomic E-state index is 12.7. The zero-order valence-corrected chi connectivity index (χ0v) is 13.6. The van der Waals surface area contributed by atoms with E-state index in [0.29, 0.717) is 18.5 Å². The van der Waals surface area contributed by atoms with Gasteiger partial charge in [0.2, 0.25) is 5.91 Å². The van der Waals surface area contributed by atoms with E-state index in [-0.39, 0.29) is 23.3 Å². The minimum atomic E-state index is -2.98. The van der Waals surface area contributed by atoms with Crippen LogP contribution in [0.2, 0.25) is 0 Å². The Labute approximate surface area is 127 Å². The predicted octanol–water partition coefficient (Wildman–Crippen LogP) is 0.896. The van der Waals surface area contributed by atoms with Crippen molar-refractivity contribution < 1.29 is 13.2 Å². The van der Waals surface area contributed by atoms with Crippen molar-refractivity contribution in [3.05, 3.63) is 0 Å². The van der Waals surface area contributed by atoms with E-state index in [1.165, 1.54) is 12.8 Å². The van der Waals surface area contributed by atoms with Crippen LogP contribution < -0.4 is 0 Å². The Morgan fingerprint density at radius 3 is 2.48 bits per heavy atom. The molecule has 0 bridgehead atoms. The van der Waals surface area contributed by atoms with E-state index in [1.54, 1.807) is 0 Å². The first-order valence-corrected chi connectivity index (χ1v) is 10.1. The number of rotatable bonds is 3. The summed E-state index contributed by atoms with van der Waals surface area (Å²) in [6.07, 6.45) is 5.04. The molecule has 3 aliphatic rings. The minimum Gasteiger partial charge on any atom is -0.338 e. The molecule has 3 saturated heterocycles. The molecule has 3 atom stereocenters. The number of nitrogens with zero attached hydrogens (tertiary/aromatic N) is 2. The second-order valence-electron chi connectivity index (χ2n) is 6.68. The molecule has 3 fully saturated rings. The summed E-state index contributed by atoms with van der Waals surface area (Å²) in [4.78, 5) is 17.2. The highest BCUT2D eigenvalue weighted by Gasteiger charge is 2.43. The average Bonchev–Trinajstić information content (AvgIpc) is 3.14. The quantitative estimate of drug-likeness (QED) is 0.776. The molecule has 0 aromatic rings. The number of likely N-dealkylation sites (N-methyl/N-ethyl adjacent to an activating group) is 1. The van der Waals surface area contributed by atoms with Crippen LogP contribution in [-0.2, 0) is 14.6 Å². The highest BCUT2D eigenvalue weighted by atomic mass is 32.2. The first-order valence-electron chi connectivity index (χ1n) is 8.27. The molecule has 21 heavy (non-hydrogen) atoms. The molecular weight excluding hydrogens is 288 g/mol. The van der Waals surface area contributed by atoms with E-state index in [9.17, 15) is 13.2 Å². The number of carbonyl (C=O) groups excluding carboxylic acids is 1. The highest BCUT2D eigenvalue weighted by molar-refractivity contribution is 7.91. The summed E-state index contributed by atoms with van der Waals surface area (Å²) in [6.45, 7) is 5.18. The van der Waals surface area contributed by atoms with Crippen molar-refractivity contribution in [3.8, 4) is 0 Å². The lowest BCUT2D eigenvalue weighted by Gasteiger charge is -2.35. The maximum Gasteiger partial charge on any atom is 0.227 e. The van der Waals surface area contributed by atoms with Crippen LogP contribution in [0.4, 0.5) is 0 Å². The Kier molecular flexibility index (Phi) is 4.28. The van der Waals surface area contributed by atoms with Crippen LogP contribution in [0.3, 0.4) is 0 Å². The Balaban J connectivity index is 1.70. The minimum absolute atomic E-state index is 0.0667. The van der Waals surface area contributed by atoms with Gasteiger partial charge in [-0.3, -0.25) is 9.69 Å². The van der Waals surface area contributed by atoms with E-state index < -0.39 is 9.84 Å². The largest absolute Gasteiger partial charge is 0.338 e. The van der Waals surface area contributed by atoms with Crippen LogP contribution in [-0.4, -0.2) is 67.3 Å². The lowest BCUT2D eigenvalue weighted by Crippen LogP contribution is -2.49. The van der Waals surface area contributed by atoms with Gasteiger partial charge in [0.15, 0.2) is 9.84 Å². The van der Waals surface area contributed by atoms with Gasteiger partial charge in [0.25, 0.3) is 0 Å². The number of amides is 1. The number of likely N-dealkylation sites (tertiary alicyclic amines) is 2. The molecule has 0 aromatic carbocycles. The van der Waals surface area contributed by atoms with Crippen LogP contribution in [0.1, 0.15) is 39.0 Å². The summed E-state index contributed by atoms with van der Waals surface area (Å²) in [5.41, 5.74) is 0. The number of carbonyl (C=O) groups is 1. The molecule has 0 radical (unpaired) electrons. The SMILES string of the molecule is CCN1CCC[C@@H]1[C@H]1CCCN1C(=O)[C@@H]1CCS(=O)(=O)C1. The van der Waals surface area contributed by atoms with Gasteiger partial charge in [-0.1, -0.05) is 6.92 Å². The first kappa shape index (κ1) is 15.3. The fourth-order valence-corrected chi connectivity index (χ4v) is 6.10. The molecular formula is C15H26N2O3S. The van der Waals surface area contributed by atoms with Crippen molar-refractivity contribution in [1.82, 2.24) is 9.80 Å². The Hall–Kier alpha value is -0.620. The van der Waals surface area contributed by atoms with Crippen LogP contribution in [0.25, 0.3) is 0 Å². The third-order valence-electron chi connectivity index (χ3n) is 5.43. The van der Waals surface area contributed by atoms with E-state index in [1.807, 2.05) is 4.90 Å². The normalized spacial score (nSPS) is 36.4. The third kappa shape index (κ3) is 2.97. The number of hydrogen-bond acceptors (Lipinski definition) is 4. The second kappa shape index (κ2) is 5.88. The van der Waals surface area contributed by atoms with Gasteiger partial charge in [0.05, 0.1) is 17.4 Å². The van der Waals surface area contributed by atoms with Gasteiger partial charge >= 0.3 is 0 Å². The van der Waals surface area contributed by atoms with Crippen LogP contribution in [0.15, 0.2) is 0 Å². The molecule has 1 amide bonds. The lowest BCUT2D eigenvalue weighted by molar-refractivity contribution is -0.136. The molecule has 5 nitrogen and oxygen atoms in total. The van der Waals surface area contributed by atoms with Gasteiger partial charge in [-0.15, -0.1) is 0 Å². The zero-order valence-electron chi connectivity index (χ0n) is 12.8. The molecule has 0 saturated carbocycles. The van der Waals surface area contributed by atoms with Gasteiger partial charge in [0.1, 0.15) is 0 Å². The summed E-state index contributed by atoms with van der Waals surface area (Å²) in [5.74, 6) is 0.0671. The Morgan fingerprint density at radius 2 is 1.81 bits per heavy atom. The predicted molar refractivity (Wildman–Crippen MR) is 81.8 cm³/mol. The standard InChI is InChI=1S/C15H26N2O3S/c1-2-16-8-3-5-13(16)14-6-4-9-17(14)15(18)12-7-10-21(19,20)11-12/h12-14H,2-11H2,1H3/t12-,13-,14-/m1/s1. The maximum absolute atomic E-state index is 12.7. The molecule has 3 aliphatic heterocycles. The van der Waals surface area contributed by atoms with E-state index >= 15 is 0 Å². The lowest BCUT2D eigenvalue weighted by atomic mass is 10.0. The number of sulfone groups is 1. The molecule has 0 aliphatic carbocycles. The van der Waals surface area contributed by atoms with Gasteiger partial charge in [-0.25, -0.2) is 8.42 Å². The molecule has 0 N–H and O–H groups in total. The van der Waals surface area contributed by atoms with E-state index in [0.717, 1.165) is 32.5 Å². The van der Waals surface area contributed by atoms with E-state index in [4.69, 9.17) is 0 Å². The molecule has 0 aromatic heterocycles. The summed E-state index contributed by atoms with van der Waals surface area (Å²) >= 11 is 0. The summed E-state index contributed by atoms with van der Waals surface area (Å²) in [5, 5.41) is 0. The summed E-state index contributed by atoms with van der Waals surface area (Å²) in [7, 11) is -2.98. The van der Waals surface area contributed by atoms with Gasteiger partial charge in [-0.05, 0) is 45.2 Å². The molecule has 6 heteroatoms. The second-order valence-corrected chi connectivity index (χ2v) is 8.91. The zero-order chi connectivity index (χ0) is 15.0. The molecule has 120 valence electrons. The van der Waals surface area contributed by atoms with Crippen molar-refractivity contribution in [1.29, 1.82) is 0 Å². The monoisotopic (exact) mass is 314 g/mol. The fourth-order valence-electron chi connectivity index (χ4n) is 4.37. The van der Waals surface area contributed by atoms with Crippen LogP contribution in [0, 0.1) is 5.92 Å². The van der Waals surface area contributed by atoms with Crippen molar-refractivity contribution >= 4 is 15.7 Å². The molecule has 3 heterocycles. The first-order chi connectivity index (χ1) is 10.0. The van der Waals surface area contributed by atoms with Gasteiger partial charge in [0, 0.05) is 18.6 Å². The molecule has 0 spiro atoms. The van der Waals surface area contributed by atoms with Crippen molar-refractivity contribution in [3.63, 3.8) is 0 Å². The van der Waals surface area contributed by atoms with Gasteiger partial charge < -0.3 is 4.90 Å². The smallest absolute Gasteiger partial charge is 0.227 e. The summed E-state index contributed by atoms with van der Waals surface area (Å²) in [6, 6.07) is 0.794. The molecule has 0 unspecified atom stereocenters.